The van der Waals surface area contributed by atoms with Gasteiger partial charge in [0.2, 0.25) is 5.24 Å². The third-order valence-electron chi connectivity index (χ3n) is 2.79. The fraction of sp³-hybridized carbons (Fsp3) is 0.222. The van der Waals surface area contributed by atoms with Crippen molar-refractivity contribution in [3.63, 3.8) is 0 Å². The summed E-state index contributed by atoms with van der Waals surface area (Å²) in [6, 6.07) is 5.62. The number of carbonyl (C=O) groups is 2. The zero-order valence-corrected chi connectivity index (χ0v) is 15.8. The van der Waals surface area contributed by atoms with E-state index in [9.17, 15) is 18.4 Å². The summed E-state index contributed by atoms with van der Waals surface area (Å²) in [6.07, 6.45) is 0. The van der Waals surface area contributed by atoms with Crippen molar-refractivity contribution in [2.45, 2.75) is 13.8 Å². The lowest BCUT2D eigenvalue weighted by Gasteiger charge is -2.05. The monoisotopic (exact) mass is 404 g/mol. The standard InChI is InChI=1S/C9H9FO3.C7H7FO2.C2H3ClO/c1-5(11)6-3-9(13-2)8(12)4-7(6)10;1-10-7-3-2-5(8)4-6(7)9;1-2(3)4/h3-4,12H,1-2H3;2-4,9H,1H3;1H3. The first-order valence-corrected chi connectivity index (χ1v) is 7.67. The molecule has 0 saturated carbocycles. The SMILES string of the molecule is CC(=O)Cl.COc1cc(C(C)=O)c(F)cc1O.COc1ccc(F)cc1O. The lowest BCUT2D eigenvalue weighted by Crippen LogP contribution is -1.98. The minimum atomic E-state index is -0.745. The Balaban J connectivity index is 0.000000428. The van der Waals surface area contributed by atoms with E-state index in [1.807, 2.05) is 0 Å². The van der Waals surface area contributed by atoms with Gasteiger partial charge < -0.3 is 19.7 Å². The molecule has 0 spiro atoms. The van der Waals surface area contributed by atoms with Crippen molar-refractivity contribution in [3.05, 3.63) is 47.5 Å². The van der Waals surface area contributed by atoms with Crippen molar-refractivity contribution in [1.29, 1.82) is 0 Å². The molecule has 27 heavy (non-hydrogen) atoms. The minimum absolute atomic E-state index is 0.0883. The van der Waals surface area contributed by atoms with Crippen LogP contribution in [-0.4, -0.2) is 35.5 Å². The van der Waals surface area contributed by atoms with Crippen molar-refractivity contribution >= 4 is 22.6 Å². The first-order valence-electron chi connectivity index (χ1n) is 7.29. The topological polar surface area (TPSA) is 93.1 Å². The van der Waals surface area contributed by atoms with Crippen LogP contribution in [0.15, 0.2) is 30.3 Å². The second-order valence-electron chi connectivity index (χ2n) is 4.85. The van der Waals surface area contributed by atoms with Gasteiger partial charge in [-0.2, -0.15) is 0 Å². The number of aromatic hydroxyl groups is 2. The van der Waals surface area contributed by atoms with Gasteiger partial charge in [-0.25, -0.2) is 8.78 Å². The lowest BCUT2D eigenvalue weighted by atomic mass is 10.1. The summed E-state index contributed by atoms with van der Waals surface area (Å²) in [5.74, 6) is -1.75. The second-order valence-corrected chi connectivity index (χ2v) is 5.38. The van der Waals surface area contributed by atoms with Crippen LogP contribution in [0.4, 0.5) is 8.78 Å². The van der Waals surface area contributed by atoms with Gasteiger partial charge in [-0.15, -0.1) is 0 Å². The number of ketones is 1. The number of phenolic OH excluding ortho intramolecular Hbond substituents is 2. The smallest absolute Gasteiger partial charge is 0.218 e. The highest BCUT2D eigenvalue weighted by Crippen LogP contribution is 2.28. The van der Waals surface area contributed by atoms with Gasteiger partial charge in [0, 0.05) is 19.1 Å². The minimum Gasteiger partial charge on any atom is -0.504 e. The lowest BCUT2D eigenvalue weighted by molar-refractivity contribution is -0.109. The van der Waals surface area contributed by atoms with Crippen LogP contribution in [0.1, 0.15) is 24.2 Å². The van der Waals surface area contributed by atoms with Crippen molar-refractivity contribution < 1.29 is 38.1 Å². The molecule has 0 heterocycles. The Morgan fingerprint density at radius 2 is 1.41 bits per heavy atom. The van der Waals surface area contributed by atoms with Crippen LogP contribution in [0.2, 0.25) is 0 Å². The molecule has 0 bridgehead atoms. The zero-order valence-electron chi connectivity index (χ0n) is 15.0. The average Bonchev–Trinajstić information content (AvgIpc) is 2.55. The van der Waals surface area contributed by atoms with Crippen LogP contribution in [0, 0.1) is 11.6 Å². The Bertz CT molecular complexity index is 792. The van der Waals surface area contributed by atoms with Crippen LogP contribution in [0.3, 0.4) is 0 Å². The molecule has 2 rings (SSSR count). The molecule has 0 unspecified atom stereocenters. The molecule has 0 aliphatic heterocycles. The number of hydrogen-bond donors (Lipinski definition) is 2. The molecule has 9 heteroatoms. The van der Waals surface area contributed by atoms with Crippen LogP contribution in [-0.2, 0) is 4.79 Å². The molecule has 2 aromatic carbocycles. The number of Topliss-reactive ketones (excluding diaryl/α,β-unsaturated/α-hetero) is 1. The van der Waals surface area contributed by atoms with Gasteiger partial charge in [0.25, 0.3) is 0 Å². The molecule has 2 N–H and O–H groups in total. The molecule has 0 radical (unpaired) electrons. The van der Waals surface area contributed by atoms with Crippen molar-refractivity contribution in [3.8, 4) is 23.0 Å². The molecule has 0 fully saturated rings. The first-order chi connectivity index (χ1) is 12.5. The van der Waals surface area contributed by atoms with E-state index in [0.29, 0.717) is 0 Å². The predicted octanol–water partition coefficient (Wildman–Crippen LogP) is 4.05. The van der Waals surface area contributed by atoms with Crippen LogP contribution >= 0.6 is 11.6 Å². The van der Waals surface area contributed by atoms with E-state index in [2.05, 4.69) is 16.3 Å². The fourth-order valence-corrected chi connectivity index (χ4v) is 1.64. The van der Waals surface area contributed by atoms with E-state index in [0.717, 1.165) is 12.1 Å². The van der Waals surface area contributed by atoms with E-state index >= 15 is 0 Å². The van der Waals surface area contributed by atoms with E-state index in [-0.39, 0.29) is 33.8 Å². The van der Waals surface area contributed by atoms with Crippen molar-refractivity contribution in [2.24, 2.45) is 0 Å². The first kappa shape index (κ1) is 24.1. The van der Waals surface area contributed by atoms with Crippen molar-refractivity contribution in [2.75, 3.05) is 14.2 Å². The number of carbonyl (C=O) groups excluding carboxylic acids is 2. The molecular weight excluding hydrogens is 386 g/mol. The molecule has 2 aromatic rings. The van der Waals surface area contributed by atoms with Gasteiger partial charge >= 0.3 is 0 Å². The van der Waals surface area contributed by atoms with Gasteiger partial charge in [0.05, 0.1) is 19.8 Å². The maximum atomic E-state index is 13.0. The fourth-order valence-electron chi connectivity index (χ4n) is 1.64. The molecule has 0 aliphatic rings. The molecule has 0 aromatic heterocycles. The Labute approximate surface area is 159 Å². The Morgan fingerprint density at radius 1 is 0.926 bits per heavy atom. The maximum absolute atomic E-state index is 13.0. The summed E-state index contributed by atoms with van der Waals surface area (Å²) in [5, 5.41) is 17.7. The van der Waals surface area contributed by atoms with Crippen LogP contribution in [0.25, 0.3) is 0 Å². The maximum Gasteiger partial charge on any atom is 0.218 e. The number of phenols is 2. The number of methoxy groups -OCH3 is 2. The summed E-state index contributed by atoms with van der Waals surface area (Å²) >= 11 is 4.64. The van der Waals surface area contributed by atoms with E-state index in [4.69, 9.17) is 14.9 Å². The van der Waals surface area contributed by atoms with Crippen molar-refractivity contribution in [1.82, 2.24) is 0 Å². The summed E-state index contributed by atoms with van der Waals surface area (Å²) in [5.41, 5.74) is -0.0883. The molecule has 0 saturated heterocycles. The quantitative estimate of drug-likeness (QED) is 0.592. The van der Waals surface area contributed by atoms with Gasteiger partial charge in [-0.1, -0.05) is 0 Å². The number of ether oxygens (including phenoxy) is 2. The third-order valence-corrected chi connectivity index (χ3v) is 2.79. The Morgan fingerprint density at radius 3 is 1.81 bits per heavy atom. The summed E-state index contributed by atoms with van der Waals surface area (Å²) in [7, 11) is 2.74. The average molecular weight is 405 g/mol. The summed E-state index contributed by atoms with van der Waals surface area (Å²) in [6.45, 7) is 2.54. The van der Waals surface area contributed by atoms with Gasteiger partial charge in [0.1, 0.15) is 11.6 Å². The third kappa shape index (κ3) is 8.87. The summed E-state index contributed by atoms with van der Waals surface area (Å²) in [4.78, 5) is 20.1. The number of halogens is 3. The highest BCUT2D eigenvalue weighted by Gasteiger charge is 2.12. The zero-order chi connectivity index (χ0) is 21.1. The normalized spacial score (nSPS) is 9.15. The van der Waals surface area contributed by atoms with E-state index in [1.165, 1.54) is 46.3 Å². The molecule has 6 nitrogen and oxygen atoms in total. The Hall–Kier alpha value is -2.87. The molecule has 0 atom stereocenters. The molecule has 0 aliphatic carbocycles. The molecule has 148 valence electrons. The predicted molar refractivity (Wildman–Crippen MR) is 95.8 cm³/mol. The van der Waals surface area contributed by atoms with Gasteiger partial charge in [-0.05, 0) is 36.7 Å². The van der Waals surface area contributed by atoms with Crippen LogP contribution < -0.4 is 9.47 Å². The Kier molecular flexibility index (Phi) is 10.4. The highest BCUT2D eigenvalue weighted by atomic mass is 35.5. The number of rotatable bonds is 3. The number of benzene rings is 2. The molecular formula is C18H19ClF2O6. The largest absolute Gasteiger partial charge is 0.504 e. The van der Waals surface area contributed by atoms with Gasteiger partial charge in [0.15, 0.2) is 28.8 Å². The summed E-state index contributed by atoms with van der Waals surface area (Å²) < 4.78 is 34.7. The number of hydrogen-bond acceptors (Lipinski definition) is 6. The van der Waals surface area contributed by atoms with E-state index < -0.39 is 17.4 Å². The van der Waals surface area contributed by atoms with Crippen LogP contribution in [0.5, 0.6) is 23.0 Å². The van der Waals surface area contributed by atoms with E-state index in [1.54, 1.807) is 0 Å². The second kappa shape index (κ2) is 11.7. The molecule has 0 amide bonds. The highest BCUT2D eigenvalue weighted by molar-refractivity contribution is 6.62. The van der Waals surface area contributed by atoms with Gasteiger partial charge in [-0.3, -0.25) is 9.59 Å².